The van der Waals surface area contributed by atoms with Gasteiger partial charge in [0.05, 0.1) is 23.9 Å². The zero-order valence-corrected chi connectivity index (χ0v) is 19.7. The van der Waals surface area contributed by atoms with E-state index in [-0.39, 0.29) is 5.56 Å². The van der Waals surface area contributed by atoms with Crippen molar-refractivity contribution in [2.75, 3.05) is 7.11 Å². The van der Waals surface area contributed by atoms with Crippen LogP contribution in [-0.2, 0) is 25.0 Å². The van der Waals surface area contributed by atoms with Gasteiger partial charge in [-0.2, -0.15) is 0 Å². The molecule has 0 amide bonds. The number of fused-ring (bicyclic) bond motifs is 3. The predicted molar refractivity (Wildman–Crippen MR) is 126 cm³/mol. The van der Waals surface area contributed by atoms with E-state index in [4.69, 9.17) is 14.1 Å². The van der Waals surface area contributed by atoms with Crippen LogP contribution >= 0.6 is 23.1 Å². The van der Waals surface area contributed by atoms with Gasteiger partial charge in [-0.05, 0) is 55.5 Å². The maximum atomic E-state index is 13.8. The van der Waals surface area contributed by atoms with Crippen molar-refractivity contribution in [3.8, 4) is 11.4 Å². The highest BCUT2D eigenvalue weighted by molar-refractivity contribution is 7.98. The quantitative estimate of drug-likeness (QED) is 0.225. The predicted octanol–water partition coefficient (Wildman–Crippen LogP) is 4.96. The first-order valence-corrected chi connectivity index (χ1v) is 12.6. The zero-order valence-electron chi connectivity index (χ0n) is 18.1. The molecule has 0 saturated carbocycles. The minimum absolute atomic E-state index is 0.0122. The molecule has 0 spiro atoms. The van der Waals surface area contributed by atoms with Crippen molar-refractivity contribution in [2.45, 2.75) is 56.4 Å². The molecule has 9 heteroatoms. The Hall–Kier alpha value is -2.65. The van der Waals surface area contributed by atoms with E-state index in [1.165, 1.54) is 35.0 Å². The zero-order chi connectivity index (χ0) is 22.1. The third kappa shape index (κ3) is 3.95. The van der Waals surface area contributed by atoms with E-state index in [0.717, 1.165) is 40.9 Å². The smallest absolute Gasteiger partial charge is 0.267 e. The molecule has 166 valence electrons. The fraction of sp³-hybridized carbons (Fsp3) is 0.391. The third-order valence-electron chi connectivity index (χ3n) is 5.67. The Morgan fingerprint density at radius 3 is 2.66 bits per heavy atom. The van der Waals surface area contributed by atoms with Crippen molar-refractivity contribution < 1.29 is 9.15 Å². The van der Waals surface area contributed by atoms with Crippen molar-refractivity contribution in [2.24, 2.45) is 0 Å². The average molecular weight is 469 g/mol. The highest BCUT2D eigenvalue weighted by atomic mass is 32.2. The molecule has 0 aliphatic heterocycles. The van der Waals surface area contributed by atoms with Gasteiger partial charge in [-0.3, -0.25) is 9.36 Å². The maximum absolute atomic E-state index is 13.8. The lowest BCUT2D eigenvalue weighted by Gasteiger charge is -2.12. The molecular weight excluding hydrogens is 444 g/mol. The highest BCUT2D eigenvalue weighted by Gasteiger charge is 2.22. The van der Waals surface area contributed by atoms with Crippen LogP contribution in [0.4, 0.5) is 0 Å². The van der Waals surface area contributed by atoms with Gasteiger partial charge >= 0.3 is 0 Å². The van der Waals surface area contributed by atoms with Gasteiger partial charge in [-0.15, -0.1) is 21.5 Å². The Morgan fingerprint density at radius 1 is 1.12 bits per heavy atom. The second kappa shape index (κ2) is 9.07. The lowest BCUT2D eigenvalue weighted by Crippen LogP contribution is -2.22. The summed E-state index contributed by atoms with van der Waals surface area (Å²) in [6.45, 7) is 1.97. The third-order valence-corrected chi connectivity index (χ3v) is 7.78. The largest absolute Gasteiger partial charge is 0.497 e. The van der Waals surface area contributed by atoms with Crippen LogP contribution in [0.3, 0.4) is 0 Å². The van der Waals surface area contributed by atoms with Crippen LogP contribution in [0.25, 0.3) is 15.9 Å². The summed E-state index contributed by atoms with van der Waals surface area (Å²) in [5, 5.41) is 9.55. The molecule has 0 fully saturated rings. The molecule has 32 heavy (non-hydrogen) atoms. The van der Waals surface area contributed by atoms with Crippen LogP contribution in [-0.4, -0.2) is 26.9 Å². The number of thioether (sulfide) groups is 1. The summed E-state index contributed by atoms with van der Waals surface area (Å²) >= 11 is 3.11. The van der Waals surface area contributed by atoms with Gasteiger partial charge in [0.15, 0.2) is 5.16 Å². The minimum Gasteiger partial charge on any atom is -0.497 e. The first kappa shape index (κ1) is 21.2. The second-order valence-electron chi connectivity index (χ2n) is 7.71. The van der Waals surface area contributed by atoms with Crippen molar-refractivity contribution in [1.82, 2.24) is 19.7 Å². The summed E-state index contributed by atoms with van der Waals surface area (Å²) in [6, 6.07) is 7.51. The van der Waals surface area contributed by atoms with Crippen molar-refractivity contribution in [3.05, 3.63) is 56.8 Å². The van der Waals surface area contributed by atoms with E-state index in [9.17, 15) is 4.79 Å². The number of thiophene rings is 1. The van der Waals surface area contributed by atoms with Crippen LogP contribution in [0.15, 0.2) is 38.6 Å². The molecule has 0 unspecified atom stereocenters. The van der Waals surface area contributed by atoms with Crippen molar-refractivity contribution >= 4 is 33.3 Å². The Labute approximate surface area is 193 Å². The van der Waals surface area contributed by atoms with E-state index >= 15 is 0 Å². The van der Waals surface area contributed by atoms with Crippen LogP contribution in [0, 0.1) is 0 Å². The number of aryl methyl sites for hydroxylation is 3. The summed E-state index contributed by atoms with van der Waals surface area (Å²) in [5.74, 6) is 2.34. The summed E-state index contributed by atoms with van der Waals surface area (Å²) in [6.07, 6.45) is 6.17. The van der Waals surface area contributed by atoms with Crippen LogP contribution < -0.4 is 10.3 Å². The Morgan fingerprint density at radius 2 is 1.91 bits per heavy atom. The fourth-order valence-electron chi connectivity index (χ4n) is 4.03. The first-order chi connectivity index (χ1) is 15.7. The van der Waals surface area contributed by atoms with Gasteiger partial charge in [-0.1, -0.05) is 25.1 Å². The van der Waals surface area contributed by atoms with Gasteiger partial charge in [0.25, 0.3) is 5.56 Å². The maximum Gasteiger partial charge on any atom is 0.267 e. The van der Waals surface area contributed by atoms with Crippen LogP contribution in [0.2, 0.25) is 0 Å². The second-order valence-corrected chi connectivity index (χ2v) is 9.74. The SMILES string of the molecule is CCc1nnc(CSc2nc3sc4c(c3c(=O)n2-c2ccc(OC)cc2)CCCCC4)o1. The lowest BCUT2D eigenvalue weighted by atomic mass is 10.1. The molecule has 1 aromatic carbocycles. The minimum atomic E-state index is -0.0122. The molecule has 4 aromatic rings. The standard InChI is InChI=1S/C23H24N4O3S2/c1-3-18-25-26-19(30-18)13-31-23-24-21-20(16-7-5-4-6-8-17(16)32-21)22(28)27(23)14-9-11-15(29-2)12-10-14/h9-12H,3-8,13H2,1-2H3. The molecule has 0 atom stereocenters. The topological polar surface area (TPSA) is 83.0 Å². The van der Waals surface area contributed by atoms with Gasteiger partial charge in [0, 0.05) is 11.3 Å². The summed E-state index contributed by atoms with van der Waals surface area (Å²) in [7, 11) is 1.63. The number of ether oxygens (including phenoxy) is 1. The first-order valence-electron chi connectivity index (χ1n) is 10.8. The molecule has 3 aromatic heterocycles. The van der Waals surface area contributed by atoms with Crippen LogP contribution in [0.1, 0.15) is 48.4 Å². The Kier molecular flexibility index (Phi) is 6.01. The molecule has 5 rings (SSSR count). The van der Waals surface area contributed by atoms with Crippen molar-refractivity contribution in [3.63, 3.8) is 0 Å². The molecular formula is C23H24N4O3S2. The Balaban J connectivity index is 1.63. The molecule has 0 N–H and O–H groups in total. The highest BCUT2D eigenvalue weighted by Crippen LogP contribution is 2.35. The van der Waals surface area contributed by atoms with E-state index in [0.29, 0.717) is 29.1 Å². The number of hydrogen-bond donors (Lipinski definition) is 0. The van der Waals surface area contributed by atoms with Gasteiger partial charge in [0.2, 0.25) is 11.8 Å². The average Bonchev–Trinajstić information content (AvgIpc) is 3.35. The van der Waals surface area contributed by atoms with Crippen molar-refractivity contribution in [1.29, 1.82) is 0 Å². The van der Waals surface area contributed by atoms with E-state index < -0.39 is 0 Å². The van der Waals surface area contributed by atoms with Gasteiger partial charge < -0.3 is 9.15 Å². The molecule has 0 bridgehead atoms. The fourth-order valence-corrected chi connectivity index (χ4v) is 6.19. The van der Waals surface area contributed by atoms with E-state index in [2.05, 4.69) is 10.2 Å². The monoisotopic (exact) mass is 468 g/mol. The summed E-state index contributed by atoms with van der Waals surface area (Å²) < 4.78 is 12.7. The van der Waals surface area contributed by atoms with Crippen LogP contribution in [0.5, 0.6) is 5.75 Å². The number of aromatic nitrogens is 4. The lowest BCUT2D eigenvalue weighted by molar-refractivity contribution is 0.414. The van der Waals surface area contributed by atoms with E-state index in [1.54, 1.807) is 23.0 Å². The molecule has 0 saturated heterocycles. The van der Waals surface area contributed by atoms with E-state index in [1.807, 2.05) is 31.2 Å². The number of nitrogens with zero attached hydrogens (tertiary/aromatic N) is 4. The van der Waals surface area contributed by atoms with Gasteiger partial charge in [-0.25, -0.2) is 4.98 Å². The normalized spacial score (nSPS) is 13.8. The molecule has 3 heterocycles. The molecule has 1 aliphatic rings. The molecule has 7 nitrogen and oxygen atoms in total. The Bertz CT molecular complexity index is 1310. The summed E-state index contributed by atoms with van der Waals surface area (Å²) in [5.41, 5.74) is 1.95. The molecule has 1 aliphatic carbocycles. The van der Waals surface area contributed by atoms with Gasteiger partial charge in [0.1, 0.15) is 10.6 Å². The summed E-state index contributed by atoms with van der Waals surface area (Å²) in [4.78, 5) is 20.9. The number of benzene rings is 1. The number of hydrogen-bond acceptors (Lipinski definition) is 8. The molecule has 0 radical (unpaired) electrons. The number of methoxy groups -OCH3 is 1. The number of rotatable bonds is 6.